The number of nitrogens with zero attached hydrogens (tertiary/aromatic N) is 4. The molecule has 0 unspecified atom stereocenters. The Labute approximate surface area is 163 Å². The maximum absolute atomic E-state index is 12.4. The maximum atomic E-state index is 12.4. The number of aromatic nitrogens is 4. The van der Waals surface area contributed by atoms with Crippen LogP contribution in [0.4, 0.5) is 0 Å². The summed E-state index contributed by atoms with van der Waals surface area (Å²) in [5, 5.41) is 7.14. The summed E-state index contributed by atoms with van der Waals surface area (Å²) in [5.74, 6) is 1.58. The van der Waals surface area contributed by atoms with E-state index >= 15 is 0 Å². The predicted octanol–water partition coefficient (Wildman–Crippen LogP) is 3.43. The molecule has 3 heterocycles. The number of carbonyl (C=O) groups excluding carboxylic acids is 1. The van der Waals surface area contributed by atoms with E-state index in [1.165, 1.54) is 0 Å². The second-order valence-electron chi connectivity index (χ2n) is 7.19. The molecule has 7 nitrogen and oxygen atoms in total. The highest BCUT2D eigenvalue weighted by Crippen LogP contribution is 2.40. The summed E-state index contributed by atoms with van der Waals surface area (Å²) in [4.78, 5) is 25.5. The highest BCUT2D eigenvalue weighted by molar-refractivity contribution is 5.76. The monoisotopic (exact) mass is 377 g/mol. The highest BCUT2D eigenvalue weighted by atomic mass is 16.5. The van der Waals surface area contributed by atoms with Crippen molar-refractivity contribution in [2.75, 3.05) is 0 Å². The first kappa shape index (κ1) is 18.3. The van der Waals surface area contributed by atoms with Crippen molar-refractivity contribution >= 4 is 5.91 Å². The Bertz CT molecular complexity index is 937. The standard InChI is InChI=1S/C21H23N5O2/c1-14-5-2-7-17(23-14)20(15-10-11-15)24-18(27)8-3-9-19-25-21(26-28-19)16-6-4-12-22-13-16/h2,4-7,12-13,15,20H,3,8-11H2,1H3,(H,24,27)/t20-/m1/s1. The topological polar surface area (TPSA) is 93.8 Å². The molecule has 1 aliphatic carbocycles. The van der Waals surface area contributed by atoms with E-state index in [-0.39, 0.29) is 11.9 Å². The summed E-state index contributed by atoms with van der Waals surface area (Å²) in [7, 11) is 0. The van der Waals surface area contributed by atoms with E-state index < -0.39 is 0 Å². The first-order valence-corrected chi connectivity index (χ1v) is 9.65. The fourth-order valence-electron chi connectivity index (χ4n) is 3.21. The van der Waals surface area contributed by atoms with Crippen LogP contribution in [-0.4, -0.2) is 26.0 Å². The van der Waals surface area contributed by atoms with Crippen molar-refractivity contribution < 1.29 is 9.32 Å². The van der Waals surface area contributed by atoms with E-state index in [1.807, 2.05) is 37.3 Å². The van der Waals surface area contributed by atoms with Gasteiger partial charge in [-0.2, -0.15) is 4.98 Å². The normalized spacial score (nSPS) is 14.6. The van der Waals surface area contributed by atoms with E-state index in [1.54, 1.807) is 12.4 Å². The molecule has 1 saturated carbocycles. The molecule has 4 rings (SSSR count). The van der Waals surface area contributed by atoms with Gasteiger partial charge in [-0.25, -0.2) is 0 Å². The fraction of sp³-hybridized carbons (Fsp3) is 0.381. The Morgan fingerprint density at radius 2 is 2.14 bits per heavy atom. The second-order valence-corrected chi connectivity index (χ2v) is 7.19. The zero-order valence-corrected chi connectivity index (χ0v) is 15.8. The molecular weight excluding hydrogens is 354 g/mol. The summed E-state index contributed by atoms with van der Waals surface area (Å²) in [6.07, 6.45) is 7.30. The van der Waals surface area contributed by atoms with Crippen molar-refractivity contribution in [1.82, 2.24) is 25.4 Å². The van der Waals surface area contributed by atoms with E-state index in [9.17, 15) is 4.79 Å². The van der Waals surface area contributed by atoms with Crippen molar-refractivity contribution in [3.63, 3.8) is 0 Å². The van der Waals surface area contributed by atoms with Gasteiger partial charge in [-0.3, -0.25) is 14.8 Å². The van der Waals surface area contributed by atoms with E-state index in [0.717, 1.165) is 29.8 Å². The predicted molar refractivity (Wildman–Crippen MR) is 103 cm³/mol. The third-order valence-electron chi connectivity index (χ3n) is 4.82. The molecule has 1 fully saturated rings. The zero-order valence-electron chi connectivity index (χ0n) is 15.8. The zero-order chi connectivity index (χ0) is 19.3. The van der Waals surface area contributed by atoms with E-state index in [0.29, 0.717) is 36.9 Å². The van der Waals surface area contributed by atoms with Crippen LogP contribution in [0.25, 0.3) is 11.4 Å². The number of hydrogen-bond donors (Lipinski definition) is 1. The van der Waals surface area contributed by atoms with Gasteiger partial charge in [0.05, 0.1) is 11.7 Å². The van der Waals surface area contributed by atoms with Gasteiger partial charge in [0.25, 0.3) is 0 Å². The van der Waals surface area contributed by atoms with Gasteiger partial charge in [0, 0.05) is 36.5 Å². The molecule has 1 atom stereocenters. The molecule has 3 aromatic heterocycles. The summed E-state index contributed by atoms with van der Waals surface area (Å²) in [5.41, 5.74) is 2.74. The summed E-state index contributed by atoms with van der Waals surface area (Å²) < 4.78 is 5.28. The lowest BCUT2D eigenvalue weighted by Crippen LogP contribution is -2.30. The van der Waals surface area contributed by atoms with E-state index in [2.05, 4.69) is 25.4 Å². The van der Waals surface area contributed by atoms with Gasteiger partial charge in [0.1, 0.15) is 0 Å². The maximum Gasteiger partial charge on any atom is 0.226 e. The van der Waals surface area contributed by atoms with E-state index in [4.69, 9.17) is 4.52 Å². The lowest BCUT2D eigenvalue weighted by atomic mass is 10.1. The minimum absolute atomic E-state index is 0.00740. The van der Waals surface area contributed by atoms with Crippen LogP contribution in [0.1, 0.15) is 49.0 Å². The smallest absolute Gasteiger partial charge is 0.226 e. The largest absolute Gasteiger partial charge is 0.347 e. The number of aryl methyl sites for hydroxylation is 2. The van der Waals surface area contributed by atoms with Gasteiger partial charge in [-0.15, -0.1) is 0 Å². The molecule has 1 N–H and O–H groups in total. The van der Waals surface area contributed by atoms with Gasteiger partial charge in [-0.1, -0.05) is 11.2 Å². The molecule has 1 amide bonds. The highest BCUT2D eigenvalue weighted by Gasteiger charge is 2.34. The molecule has 3 aromatic rings. The summed E-state index contributed by atoms with van der Waals surface area (Å²) >= 11 is 0. The van der Waals surface area contributed by atoms with Gasteiger partial charge in [0.15, 0.2) is 0 Å². The van der Waals surface area contributed by atoms with Crippen LogP contribution < -0.4 is 5.32 Å². The number of carbonyl (C=O) groups is 1. The SMILES string of the molecule is Cc1cccc([C@H](NC(=O)CCCc2nc(-c3cccnc3)no2)C2CC2)n1. The van der Waals surface area contributed by atoms with Crippen LogP contribution in [0.2, 0.25) is 0 Å². The van der Waals surface area contributed by atoms with Crippen LogP contribution in [-0.2, 0) is 11.2 Å². The first-order chi connectivity index (χ1) is 13.7. The summed E-state index contributed by atoms with van der Waals surface area (Å²) in [6.45, 7) is 1.97. The Balaban J connectivity index is 1.29. The number of pyridine rings is 2. The molecule has 7 heteroatoms. The van der Waals surface area contributed by atoms with Crippen LogP contribution in [0.15, 0.2) is 47.2 Å². The van der Waals surface area contributed by atoms with Crippen molar-refractivity contribution in [1.29, 1.82) is 0 Å². The van der Waals surface area contributed by atoms with Crippen molar-refractivity contribution in [2.24, 2.45) is 5.92 Å². The Morgan fingerprint density at radius 1 is 1.25 bits per heavy atom. The Kier molecular flexibility index (Phi) is 5.41. The third-order valence-corrected chi connectivity index (χ3v) is 4.82. The molecule has 1 aliphatic rings. The fourth-order valence-corrected chi connectivity index (χ4v) is 3.21. The number of amides is 1. The number of rotatable bonds is 8. The minimum atomic E-state index is 0.00740. The molecule has 0 aliphatic heterocycles. The second kappa shape index (κ2) is 8.29. The third kappa shape index (κ3) is 4.60. The van der Waals surface area contributed by atoms with Gasteiger partial charge in [0.2, 0.25) is 17.6 Å². The Morgan fingerprint density at radius 3 is 2.89 bits per heavy atom. The van der Waals surface area contributed by atoms with Crippen molar-refractivity contribution in [3.8, 4) is 11.4 Å². The van der Waals surface area contributed by atoms with Crippen LogP contribution in [0.3, 0.4) is 0 Å². The molecule has 28 heavy (non-hydrogen) atoms. The average Bonchev–Trinajstić information content (AvgIpc) is 3.44. The molecule has 144 valence electrons. The molecule has 0 saturated heterocycles. The van der Waals surface area contributed by atoms with Crippen LogP contribution in [0.5, 0.6) is 0 Å². The molecule has 0 spiro atoms. The van der Waals surface area contributed by atoms with Gasteiger partial charge < -0.3 is 9.84 Å². The lowest BCUT2D eigenvalue weighted by molar-refractivity contribution is -0.122. The number of nitrogens with one attached hydrogen (secondary N) is 1. The average molecular weight is 377 g/mol. The first-order valence-electron chi connectivity index (χ1n) is 9.65. The van der Waals surface area contributed by atoms with Crippen LogP contribution >= 0.6 is 0 Å². The van der Waals surface area contributed by atoms with Crippen molar-refractivity contribution in [3.05, 3.63) is 60.0 Å². The van der Waals surface area contributed by atoms with Gasteiger partial charge in [-0.05, 0) is 56.4 Å². The molecular formula is C21H23N5O2. The quantitative estimate of drug-likeness (QED) is 0.646. The van der Waals surface area contributed by atoms with Gasteiger partial charge >= 0.3 is 0 Å². The van der Waals surface area contributed by atoms with Crippen LogP contribution in [0, 0.1) is 12.8 Å². The Hall–Kier alpha value is -3.09. The van der Waals surface area contributed by atoms with Crippen molar-refractivity contribution in [2.45, 2.75) is 45.1 Å². The lowest BCUT2D eigenvalue weighted by Gasteiger charge is -2.18. The number of hydrogen-bond acceptors (Lipinski definition) is 6. The summed E-state index contributed by atoms with van der Waals surface area (Å²) in [6, 6.07) is 9.68. The molecule has 0 radical (unpaired) electrons. The molecule has 0 bridgehead atoms. The minimum Gasteiger partial charge on any atom is -0.347 e. The molecule has 0 aromatic carbocycles.